The highest BCUT2D eigenvalue weighted by Gasteiger charge is 2.26. The molecule has 27 heavy (non-hydrogen) atoms. The van der Waals surface area contributed by atoms with E-state index < -0.39 is 0 Å². The van der Waals surface area contributed by atoms with Gasteiger partial charge in [0.2, 0.25) is 11.9 Å². The molecule has 7 nitrogen and oxygen atoms in total. The molecule has 0 saturated carbocycles. The Morgan fingerprint density at radius 2 is 1.96 bits per heavy atom. The maximum atomic E-state index is 11.1. The predicted molar refractivity (Wildman–Crippen MR) is 109 cm³/mol. The van der Waals surface area contributed by atoms with E-state index in [1.54, 1.807) is 0 Å². The Balaban J connectivity index is 1.58. The van der Waals surface area contributed by atoms with Crippen molar-refractivity contribution in [1.82, 2.24) is 14.9 Å². The van der Waals surface area contributed by atoms with Crippen LogP contribution < -0.4 is 15.1 Å². The number of amides is 1. The highest BCUT2D eigenvalue weighted by atomic mass is 16.1. The minimum Gasteiger partial charge on any atom is -0.355 e. The second kappa shape index (κ2) is 8.35. The predicted octanol–water partition coefficient (Wildman–Crippen LogP) is 2.21. The molecule has 1 aromatic carbocycles. The van der Waals surface area contributed by atoms with Crippen LogP contribution in [0.25, 0.3) is 0 Å². The molecule has 0 bridgehead atoms. The fourth-order valence-electron chi connectivity index (χ4n) is 3.37. The standard InChI is InChI=1S/C20H28N6O/c1-15(27)22-17-7-5-16(6-8-17)13-26-12-10-18(14-26)25(4)19-9-11-21-20(23-19)24(2)3/h5-9,11,18H,10,12-14H2,1-4H3,(H,22,27). The van der Waals surface area contributed by atoms with E-state index in [1.807, 2.05) is 43.4 Å². The van der Waals surface area contributed by atoms with Gasteiger partial charge in [-0.1, -0.05) is 12.1 Å². The number of anilines is 3. The van der Waals surface area contributed by atoms with Crippen molar-refractivity contribution < 1.29 is 4.79 Å². The summed E-state index contributed by atoms with van der Waals surface area (Å²) in [4.78, 5) is 26.7. The molecule has 1 atom stereocenters. The lowest BCUT2D eigenvalue weighted by molar-refractivity contribution is -0.114. The summed E-state index contributed by atoms with van der Waals surface area (Å²) in [7, 11) is 6.01. The monoisotopic (exact) mass is 368 g/mol. The third-order valence-corrected chi connectivity index (χ3v) is 4.87. The van der Waals surface area contributed by atoms with Gasteiger partial charge in [-0.15, -0.1) is 0 Å². The molecule has 7 heteroatoms. The number of rotatable bonds is 6. The van der Waals surface area contributed by atoms with E-state index in [2.05, 4.69) is 44.3 Å². The lowest BCUT2D eigenvalue weighted by Gasteiger charge is -2.26. The van der Waals surface area contributed by atoms with Crippen molar-refractivity contribution in [2.75, 3.05) is 49.3 Å². The highest BCUT2D eigenvalue weighted by molar-refractivity contribution is 5.88. The van der Waals surface area contributed by atoms with Crippen molar-refractivity contribution in [2.45, 2.75) is 25.9 Å². The summed E-state index contributed by atoms with van der Waals surface area (Å²) in [6, 6.07) is 10.5. The minimum atomic E-state index is -0.0460. The molecule has 2 heterocycles. The summed E-state index contributed by atoms with van der Waals surface area (Å²) in [5.74, 6) is 1.64. The average molecular weight is 368 g/mol. The highest BCUT2D eigenvalue weighted by Crippen LogP contribution is 2.22. The molecule has 144 valence electrons. The lowest BCUT2D eigenvalue weighted by Crippen LogP contribution is -2.35. The molecule has 1 unspecified atom stereocenters. The van der Waals surface area contributed by atoms with Crippen LogP contribution in [0.4, 0.5) is 17.5 Å². The van der Waals surface area contributed by atoms with E-state index in [9.17, 15) is 4.79 Å². The molecule has 1 aliphatic heterocycles. The second-order valence-electron chi connectivity index (χ2n) is 7.28. The molecule has 0 radical (unpaired) electrons. The summed E-state index contributed by atoms with van der Waals surface area (Å²) in [5.41, 5.74) is 2.09. The zero-order chi connectivity index (χ0) is 19.4. The Bertz CT molecular complexity index is 776. The molecule has 0 spiro atoms. The summed E-state index contributed by atoms with van der Waals surface area (Å²) in [6.45, 7) is 4.50. The fraction of sp³-hybridized carbons (Fsp3) is 0.450. The van der Waals surface area contributed by atoms with Gasteiger partial charge < -0.3 is 15.1 Å². The van der Waals surface area contributed by atoms with E-state index in [1.165, 1.54) is 12.5 Å². The minimum absolute atomic E-state index is 0.0460. The van der Waals surface area contributed by atoms with Crippen molar-refractivity contribution in [3.63, 3.8) is 0 Å². The van der Waals surface area contributed by atoms with Crippen LogP contribution in [-0.2, 0) is 11.3 Å². The number of likely N-dealkylation sites (tertiary alicyclic amines) is 1. The van der Waals surface area contributed by atoms with Crippen molar-refractivity contribution in [1.29, 1.82) is 0 Å². The quantitative estimate of drug-likeness (QED) is 0.843. The third kappa shape index (κ3) is 4.95. The van der Waals surface area contributed by atoms with Gasteiger partial charge in [-0.25, -0.2) is 4.98 Å². The molecule has 0 aliphatic carbocycles. The van der Waals surface area contributed by atoms with Gasteiger partial charge in [0.1, 0.15) is 5.82 Å². The average Bonchev–Trinajstić information content (AvgIpc) is 3.11. The number of likely N-dealkylation sites (N-methyl/N-ethyl adjacent to an activating group) is 1. The number of carbonyl (C=O) groups is 1. The number of nitrogens with one attached hydrogen (secondary N) is 1. The molecule has 1 amide bonds. The number of hydrogen-bond donors (Lipinski definition) is 1. The lowest BCUT2D eigenvalue weighted by atomic mass is 10.2. The van der Waals surface area contributed by atoms with Crippen LogP contribution in [0.3, 0.4) is 0 Å². The maximum absolute atomic E-state index is 11.1. The SMILES string of the molecule is CC(=O)Nc1ccc(CN2CCC(N(C)c3ccnc(N(C)C)n3)C2)cc1. The van der Waals surface area contributed by atoms with Crippen LogP contribution in [0.2, 0.25) is 0 Å². The number of hydrogen-bond acceptors (Lipinski definition) is 6. The van der Waals surface area contributed by atoms with E-state index >= 15 is 0 Å². The molecule has 1 saturated heterocycles. The normalized spacial score (nSPS) is 17.0. The van der Waals surface area contributed by atoms with E-state index in [0.29, 0.717) is 6.04 Å². The first kappa shape index (κ1) is 19.1. The smallest absolute Gasteiger partial charge is 0.226 e. The summed E-state index contributed by atoms with van der Waals surface area (Å²) in [5, 5.41) is 2.80. The molecular formula is C20H28N6O. The molecule has 1 aliphatic rings. The van der Waals surface area contributed by atoms with Gasteiger partial charge in [0.15, 0.2) is 0 Å². The Morgan fingerprint density at radius 3 is 2.63 bits per heavy atom. The summed E-state index contributed by atoms with van der Waals surface area (Å²) in [6.07, 6.45) is 2.93. The largest absolute Gasteiger partial charge is 0.355 e. The Morgan fingerprint density at radius 1 is 1.22 bits per heavy atom. The first-order valence-electron chi connectivity index (χ1n) is 9.24. The third-order valence-electron chi connectivity index (χ3n) is 4.87. The Labute approximate surface area is 161 Å². The molecule has 1 aromatic heterocycles. The van der Waals surface area contributed by atoms with Crippen molar-refractivity contribution in [3.05, 3.63) is 42.1 Å². The van der Waals surface area contributed by atoms with Gasteiger partial charge >= 0.3 is 0 Å². The van der Waals surface area contributed by atoms with Crippen LogP contribution in [0.1, 0.15) is 18.9 Å². The Hall–Kier alpha value is -2.67. The van der Waals surface area contributed by atoms with Crippen LogP contribution in [0.5, 0.6) is 0 Å². The number of carbonyl (C=O) groups excluding carboxylic acids is 1. The first-order chi connectivity index (χ1) is 12.9. The molecule has 3 rings (SSSR count). The van der Waals surface area contributed by atoms with Gasteiger partial charge in [0.25, 0.3) is 0 Å². The molecular weight excluding hydrogens is 340 g/mol. The summed E-state index contributed by atoms with van der Waals surface area (Å²) >= 11 is 0. The van der Waals surface area contributed by atoms with Crippen LogP contribution in [0.15, 0.2) is 36.5 Å². The molecule has 1 fully saturated rings. The van der Waals surface area contributed by atoms with E-state index in [0.717, 1.165) is 43.5 Å². The van der Waals surface area contributed by atoms with Gasteiger partial charge in [-0.05, 0) is 30.2 Å². The van der Waals surface area contributed by atoms with Crippen LogP contribution >= 0.6 is 0 Å². The van der Waals surface area contributed by atoms with Gasteiger partial charge in [-0.2, -0.15) is 4.98 Å². The van der Waals surface area contributed by atoms with Gasteiger partial charge in [0.05, 0.1) is 0 Å². The zero-order valence-electron chi connectivity index (χ0n) is 16.5. The van der Waals surface area contributed by atoms with E-state index in [4.69, 9.17) is 0 Å². The summed E-state index contributed by atoms with van der Waals surface area (Å²) < 4.78 is 0. The van der Waals surface area contributed by atoms with E-state index in [-0.39, 0.29) is 5.91 Å². The van der Waals surface area contributed by atoms with Gasteiger partial charge in [0, 0.05) is 65.6 Å². The maximum Gasteiger partial charge on any atom is 0.226 e. The zero-order valence-corrected chi connectivity index (χ0v) is 16.5. The fourth-order valence-corrected chi connectivity index (χ4v) is 3.37. The van der Waals surface area contributed by atoms with Crippen molar-refractivity contribution in [3.8, 4) is 0 Å². The van der Waals surface area contributed by atoms with Crippen molar-refractivity contribution in [2.24, 2.45) is 0 Å². The van der Waals surface area contributed by atoms with Gasteiger partial charge in [-0.3, -0.25) is 9.69 Å². The first-order valence-corrected chi connectivity index (χ1v) is 9.24. The van der Waals surface area contributed by atoms with Crippen LogP contribution in [0, 0.1) is 0 Å². The topological polar surface area (TPSA) is 64.6 Å². The molecule has 1 N–H and O–H groups in total. The second-order valence-corrected chi connectivity index (χ2v) is 7.28. The van der Waals surface area contributed by atoms with Crippen LogP contribution in [-0.4, -0.2) is 61.0 Å². The van der Waals surface area contributed by atoms with Crippen molar-refractivity contribution >= 4 is 23.4 Å². The Kier molecular flexibility index (Phi) is 5.91. The number of aromatic nitrogens is 2. The number of nitrogens with zero attached hydrogens (tertiary/aromatic N) is 5. The number of benzene rings is 1. The molecule has 2 aromatic rings.